The van der Waals surface area contributed by atoms with Crippen LogP contribution in [0.4, 0.5) is 5.69 Å². The molecule has 1 aromatic heterocycles. The molecular weight excluding hydrogens is 340 g/mol. The molecule has 3 aromatic rings. The SMILES string of the molecule is CNCC(C)C(=O)Nc1ccc(CCn2nnc(-c3ccccc3)n2)cc1. The summed E-state index contributed by atoms with van der Waals surface area (Å²) in [6.07, 6.45) is 0.787. The van der Waals surface area contributed by atoms with Crippen molar-refractivity contribution in [2.75, 3.05) is 18.9 Å². The van der Waals surface area contributed by atoms with Gasteiger partial charge < -0.3 is 10.6 Å². The van der Waals surface area contributed by atoms with Gasteiger partial charge in [-0.2, -0.15) is 4.80 Å². The van der Waals surface area contributed by atoms with Gasteiger partial charge in [0, 0.05) is 23.7 Å². The average Bonchev–Trinajstić information content (AvgIpc) is 3.17. The second-order valence-corrected chi connectivity index (χ2v) is 6.47. The molecule has 0 aliphatic heterocycles. The fourth-order valence-corrected chi connectivity index (χ4v) is 2.69. The number of benzene rings is 2. The summed E-state index contributed by atoms with van der Waals surface area (Å²) in [4.78, 5) is 13.6. The predicted molar refractivity (Wildman–Crippen MR) is 105 cm³/mol. The van der Waals surface area contributed by atoms with E-state index in [2.05, 4.69) is 26.0 Å². The van der Waals surface area contributed by atoms with Gasteiger partial charge in [-0.25, -0.2) is 0 Å². The summed E-state index contributed by atoms with van der Waals surface area (Å²) in [5.41, 5.74) is 2.91. The molecule has 0 radical (unpaired) electrons. The molecule has 1 unspecified atom stereocenters. The summed E-state index contributed by atoms with van der Waals surface area (Å²) in [6, 6.07) is 17.7. The van der Waals surface area contributed by atoms with Crippen LogP contribution in [0.2, 0.25) is 0 Å². The monoisotopic (exact) mass is 364 g/mol. The predicted octanol–water partition coefficient (Wildman–Crippen LogP) is 2.38. The highest BCUT2D eigenvalue weighted by Gasteiger charge is 2.11. The van der Waals surface area contributed by atoms with E-state index in [-0.39, 0.29) is 11.8 Å². The van der Waals surface area contributed by atoms with E-state index >= 15 is 0 Å². The lowest BCUT2D eigenvalue weighted by Gasteiger charge is -2.12. The standard InChI is InChI=1S/C20H24N6O/c1-15(14-21-2)20(27)22-18-10-8-16(9-11-18)12-13-26-24-19(23-25-26)17-6-4-3-5-7-17/h3-11,15,21H,12-14H2,1-2H3,(H,22,27). The lowest BCUT2D eigenvalue weighted by Crippen LogP contribution is -2.28. The Morgan fingerprint density at radius 3 is 2.56 bits per heavy atom. The van der Waals surface area contributed by atoms with E-state index in [1.165, 1.54) is 0 Å². The molecule has 0 bridgehead atoms. The van der Waals surface area contributed by atoms with Crippen LogP contribution in [-0.2, 0) is 17.8 Å². The van der Waals surface area contributed by atoms with Gasteiger partial charge in [-0.05, 0) is 36.4 Å². The molecule has 0 aliphatic carbocycles. The molecule has 0 fully saturated rings. The lowest BCUT2D eigenvalue weighted by atomic mass is 10.1. The first-order chi connectivity index (χ1) is 13.2. The number of nitrogens with zero attached hydrogens (tertiary/aromatic N) is 4. The third kappa shape index (κ3) is 5.21. The van der Waals surface area contributed by atoms with E-state index < -0.39 is 0 Å². The second kappa shape index (κ2) is 9.05. The number of carbonyl (C=O) groups is 1. The smallest absolute Gasteiger partial charge is 0.228 e. The fourth-order valence-electron chi connectivity index (χ4n) is 2.69. The van der Waals surface area contributed by atoms with Gasteiger partial charge >= 0.3 is 0 Å². The Morgan fingerprint density at radius 1 is 1.11 bits per heavy atom. The molecule has 0 aliphatic rings. The Kier molecular flexibility index (Phi) is 6.27. The largest absolute Gasteiger partial charge is 0.326 e. The fraction of sp³-hybridized carbons (Fsp3) is 0.300. The van der Waals surface area contributed by atoms with Crippen molar-refractivity contribution < 1.29 is 4.79 Å². The molecule has 7 nitrogen and oxygen atoms in total. The average molecular weight is 364 g/mol. The molecule has 140 valence electrons. The number of anilines is 1. The van der Waals surface area contributed by atoms with Crippen LogP contribution < -0.4 is 10.6 Å². The van der Waals surface area contributed by atoms with E-state index in [4.69, 9.17) is 0 Å². The summed E-state index contributed by atoms with van der Waals surface area (Å²) in [6.45, 7) is 3.19. The summed E-state index contributed by atoms with van der Waals surface area (Å²) in [7, 11) is 1.84. The molecule has 2 N–H and O–H groups in total. The maximum atomic E-state index is 12.0. The Bertz CT molecular complexity index is 860. The molecule has 7 heteroatoms. The maximum absolute atomic E-state index is 12.0. The van der Waals surface area contributed by atoms with Crippen LogP contribution in [0.3, 0.4) is 0 Å². The van der Waals surface area contributed by atoms with Crippen LogP contribution in [0.1, 0.15) is 12.5 Å². The maximum Gasteiger partial charge on any atom is 0.228 e. The van der Waals surface area contributed by atoms with Crippen molar-refractivity contribution >= 4 is 11.6 Å². The zero-order valence-corrected chi connectivity index (χ0v) is 15.6. The highest BCUT2D eigenvalue weighted by molar-refractivity contribution is 5.92. The number of hydrogen-bond acceptors (Lipinski definition) is 5. The molecule has 0 saturated heterocycles. The van der Waals surface area contributed by atoms with Gasteiger partial charge in [-0.3, -0.25) is 4.79 Å². The van der Waals surface area contributed by atoms with Crippen molar-refractivity contribution in [2.45, 2.75) is 19.9 Å². The van der Waals surface area contributed by atoms with Gasteiger partial charge in [-0.1, -0.05) is 49.4 Å². The first-order valence-corrected chi connectivity index (χ1v) is 9.03. The van der Waals surface area contributed by atoms with E-state index in [1.54, 1.807) is 4.80 Å². The highest BCUT2D eigenvalue weighted by atomic mass is 16.1. The summed E-state index contributed by atoms with van der Waals surface area (Å²) >= 11 is 0. The zero-order valence-electron chi connectivity index (χ0n) is 15.6. The third-order valence-electron chi connectivity index (χ3n) is 4.26. The second-order valence-electron chi connectivity index (χ2n) is 6.47. The number of rotatable bonds is 8. The molecule has 27 heavy (non-hydrogen) atoms. The number of amides is 1. The number of tetrazole rings is 1. The summed E-state index contributed by atoms with van der Waals surface area (Å²) in [5.74, 6) is 0.564. The molecule has 1 atom stereocenters. The topological polar surface area (TPSA) is 84.7 Å². The van der Waals surface area contributed by atoms with Gasteiger partial charge in [0.25, 0.3) is 0 Å². The van der Waals surface area contributed by atoms with Crippen LogP contribution in [-0.4, -0.2) is 39.7 Å². The molecule has 0 saturated carbocycles. The molecule has 0 spiro atoms. The highest BCUT2D eigenvalue weighted by Crippen LogP contribution is 2.13. The van der Waals surface area contributed by atoms with Gasteiger partial charge in [0.15, 0.2) is 0 Å². The van der Waals surface area contributed by atoms with Gasteiger partial charge in [0.1, 0.15) is 0 Å². The van der Waals surface area contributed by atoms with Crippen molar-refractivity contribution in [3.8, 4) is 11.4 Å². The number of aryl methyl sites for hydroxylation is 2. The molecule has 1 amide bonds. The van der Waals surface area contributed by atoms with Gasteiger partial charge in [0.2, 0.25) is 11.7 Å². The number of hydrogen-bond donors (Lipinski definition) is 2. The van der Waals surface area contributed by atoms with Crippen LogP contribution >= 0.6 is 0 Å². The molecule has 3 rings (SSSR count). The van der Waals surface area contributed by atoms with E-state index in [0.717, 1.165) is 23.2 Å². The van der Waals surface area contributed by atoms with Gasteiger partial charge in [-0.15, -0.1) is 10.2 Å². The lowest BCUT2D eigenvalue weighted by molar-refractivity contribution is -0.119. The Morgan fingerprint density at radius 2 is 1.85 bits per heavy atom. The quantitative estimate of drug-likeness (QED) is 0.641. The van der Waals surface area contributed by atoms with Crippen LogP contribution in [0.15, 0.2) is 54.6 Å². The number of nitrogens with one attached hydrogen (secondary N) is 2. The number of aromatic nitrogens is 4. The van der Waals surface area contributed by atoms with Crippen molar-refractivity contribution in [2.24, 2.45) is 5.92 Å². The zero-order chi connectivity index (χ0) is 19.1. The Hall–Kier alpha value is -3.06. The number of carbonyl (C=O) groups excluding carboxylic acids is 1. The summed E-state index contributed by atoms with van der Waals surface area (Å²) in [5, 5.41) is 18.6. The van der Waals surface area contributed by atoms with Crippen LogP contribution in [0.5, 0.6) is 0 Å². The first kappa shape index (κ1) is 18.7. The van der Waals surface area contributed by atoms with E-state index in [0.29, 0.717) is 18.9 Å². The molecule has 2 aromatic carbocycles. The van der Waals surface area contributed by atoms with Crippen molar-refractivity contribution in [1.29, 1.82) is 0 Å². The molecular formula is C20H24N6O. The normalized spacial score (nSPS) is 11.9. The van der Waals surface area contributed by atoms with E-state index in [9.17, 15) is 4.79 Å². The minimum atomic E-state index is -0.0770. The van der Waals surface area contributed by atoms with Crippen LogP contribution in [0.25, 0.3) is 11.4 Å². The van der Waals surface area contributed by atoms with Crippen molar-refractivity contribution in [3.05, 3.63) is 60.2 Å². The Balaban J connectivity index is 1.53. The van der Waals surface area contributed by atoms with Gasteiger partial charge in [0.05, 0.1) is 6.54 Å². The summed E-state index contributed by atoms with van der Waals surface area (Å²) < 4.78 is 0. The van der Waals surface area contributed by atoms with Crippen molar-refractivity contribution in [1.82, 2.24) is 25.5 Å². The van der Waals surface area contributed by atoms with E-state index in [1.807, 2.05) is 68.6 Å². The first-order valence-electron chi connectivity index (χ1n) is 9.03. The molecule has 1 heterocycles. The minimum Gasteiger partial charge on any atom is -0.326 e. The third-order valence-corrected chi connectivity index (χ3v) is 4.26. The van der Waals surface area contributed by atoms with Crippen molar-refractivity contribution in [3.63, 3.8) is 0 Å². The minimum absolute atomic E-state index is 0.0114. The van der Waals surface area contributed by atoms with Crippen LogP contribution in [0, 0.1) is 5.92 Å². The Labute approximate surface area is 158 Å².